The van der Waals surface area contributed by atoms with Gasteiger partial charge in [0.1, 0.15) is 0 Å². The Hall–Kier alpha value is -4.13. The minimum absolute atomic E-state index is 0.212. The van der Waals surface area contributed by atoms with Crippen LogP contribution in [-0.2, 0) is 0 Å². The number of nitrogens with zero attached hydrogens (tertiary/aromatic N) is 3. The monoisotopic (exact) mass is 400 g/mol. The molecule has 0 aliphatic carbocycles. The molecule has 0 spiro atoms. The third kappa shape index (κ3) is 4.00. The maximum Gasteiger partial charge on any atom is 0.293 e. The molecule has 0 unspecified atom stereocenters. The lowest BCUT2D eigenvalue weighted by atomic mass is 10.1. The molecule has 30 heavy (non-hydrogen) atoms. The van der Waals surface area contributed by atoms with Crippen LogP contribution in [0.3, 0.4) is 0 Å². The van der Waals surface area contributed by atoms with Crippen LogP contribution in [0.4, 0.5) is 11.4 Å². The van der Waals surface area contributed by atoms with Gasteiger partial charge in [-0.15, -0.1) is 0 Å². The Balaban J connectivity index is 1.47. The largest absolute Gasteiger partial charge is 0.459 e. The van der Waals surface area contributed by atoms with Crippen molar-refractivity contribution in [3.63, 3.8) is 0 Å². The lowest BCUT2D eigenvalue weighted by Gasteiger charge is -2.20. The summed E-state index contributed by atoms with van der Waals surface area (Å²) in [5, 5.41) is 2.89. The van der Waals surface area contributed by atoms with Gasteiger partial charge in [-0.25, -0.2) is 4.98 Å². The fourth-order valence-corrected chi connectivity index (χ4v) is 3.12. The highest BCUT2D eigenvalue weighted by molar-refractivity contribution is 6.06. The van der Waals surface area contributed by atoms with Crippen LogP contribution in [0.1, 0.15) is 27.8 Å². The van der Waals surface area contributed by atoms with Crippen molar-refractivity contribution < 1.29 is 14.0 Å². The number of anilines is 2. The molecule has 0 radical (unpaired) electrons. The van der Waals surface area contributed by atoms with Crippen LogP contribution in [0.5, 0.6) is 0 Å². The Morgan fingerprint density at radius 2 is 1.93 bits per heavy atom. The Kier molecular flexibility index (Phi) is 5.43. The average Bonchev–Trinajstić information content (AvgIpc) is 3.50. The molecule has 4 aromatic rings. The van der Waals surface area contributed by atoms with Crippen molar-refractivity contribution in [3.8, 4) is 5.69 Å². The summed E-state index contributed by atoms with van der Waals surface area (Å²) in [4.78, 5) is 30.9. The third-order valence-electron chi connectivity index (χ3n) is 4.64. The highest BCUT2D eigenvalue weighted by Gasteiger charge is 2.18. The van der Waals surface area contributed by atoms with Gasteiger partial charge in [0.2, 0.25) is 0 Å². The summed E-state index contributed by atoms with van der Waals surface area (Å²) in [5.41, 5.74) is 2.75. The summed E-state index contributed by atoms with van der Waals surface area (Å²) in [7, 11) is 0. The van der Waals surface area contributed by atoms with Crippen molar-refractivity contribution in [1.29, 1.82) is 0 Å². The van der Waals surface area contributed by atoms with E-state index in [9.17, 15) is 9.59 Å². The van der Waals surface area contributed by atoms with Crippen molar-refractivity contribution in [2.45, 2.75) is 6.92 Å². The van der Waals surface area contributed by atoms with Crippen LogP contribution in [-0.4, -0.2) is 27.9 Å². The summed E-state index contributed by atoms with van der Waals surface area (Å²) in [5.74, 6) is -0.147. The van der Waals surface area contributed by atoms with E-state index in [1.807, 2.05) is 29.8 Å². The quantitative estimate of drug-likeness (QED) is 0.521. The standard InChI is InChI=1S/C23H20N4O3/c1-2-27(23(29)21-7-4-14-30-21)19-10-8-18(9-11-19)25-22(28)17-5-3-6-20(15-17)26-13-12-24-16-26/h3-16H,2H2,1H3,(H,25,28). The lowest BCUT2D eigenvalue weighted by molar-refractivity contribution is 0.0960. The van der Waals surface area contributed by atoms with Gasteiger partial charge in [0.05, 0.1) is 12.6 Å². The zero-order chi connectivity index (χ0) is 20.9. The molecule has 2 aromatic heterocycles. The van der Waals surface area contributed by atoms with E-state index in [-0.39, 0.29) is 17.6 Å². The molecule has 4 rings (SSSR count). The lowest BCUT2D eigenvalue weighted by Crippen LogP contribution is -2.30. The van der Waals surface area contributed by atoms with Crippen LogP contribution >= 0.6 is 0 Å². The number of rotatable bonds is 6. The van der Waals surface area contributed by atoms with Crippen LogP contribution < -0.4 is 10.2 Å². The van der Waals surface area contributed by atoms with Gasteiger partial charge in [-0.1, -0.05) is 6.07 Å². The van der Waals surface area contributed by atoms with E-state index in [4.69, 9.17) is 4.42 Å². The van der Waals surface area contributed by atoms with Crippen LogP contribution in [0, 0.1) is 0 Å². The van der Waals surface area contributed by atoms with Crippen molar-refractivity contribution >= 4 is 23.2 Å². The minimum Gasteiger partial charge on any atom is -0.459 e. The molecule has 1 N–H and O–H groups in total. The molecule has 0 aliphatic rings. The molecular formula is C23H20N4O3. The van der Waals surface area contributed by atoms with Gasteiger partial charge < -0.3 is 19.2 Å². The fraction of sp³-hybridized carbons (Fsp3) is 0.0870. The molecule has 0 saturated heterocycles. The summed E-state index contributed by atoms with van der Waals surface area (Å²) < 4.78 is 7.04. The highest BCUT2D eigenvalue weighted by atomic mass is 16.3. The van der Waals surface area contributed by atoms with Crippen molar-refractivity contribution in [2.75, 3.05) is 16.8 Å². The number of hydrogen-bond donors (Lipinski definition) is 1. The fourth-order valence-electron chi connectivity index (χ4n) is 3.12. The van der Waals surface area contributed by atoms with Crippen molar-refractivity contribution in [2.24, 2.45) is 0 Å². The molecule has 0 saturated carbocycles. The first-order valence-corrected chi connectivity index (χ1v) is 9.51. The molecular weight excluding hydrogens is 380 g/mol. The second-order valence-electron chi connectivity index (χ2n) is 6.55. The summed E-state index contributed by atoms with van der Waals surface area (Å²) in [6.45, 7) is 2.38. The van der Waals surface area contributed by atoms with E-state index >= 15 is 0 Å². The highest BCUT2D eigenvalue weighted by Crippen LogP contribution is 2.21. The van der Waals surface area contributed by atoms with Gasteiger partial charge in [0.15, 0.2) is 5.76 Å². The number of amides is 2. The number of benzene rings is 2. The predicted octanol–water partition coefficient (Wildman–Crippen LogP) is 4.38. The maximum atomic E-state index is 12.7. The zero-order valence-electron chi connectivity index (χ0n) is 16.4. The van der Waals surface area contributed by atoms with E-state index in [1.54, 1.807) is 66.0 Å². The van der Waals surface area contributed by atoms with Crippen LogP contribution in [0.25, 0.3) is 5.69 Å². The smallest absolute Gasteiger partial charge is 0.293 e. The molecule has 7 heteroatoms. The normalized spacial score (nSPS) is 10.6. The number of nitrogens with one attached hydrogen (secondary N) is 1. The molecule has 0 fully saturated rings. The number of imidazole rings is 1. The predicted molar refractivity (Wildman–Crippen MR) is 114 cm³/mol. The third-order valence-corrected chi connectivity index (χ3v) is 4.64. The first-order valence-electron chi connectivity index (χ1n) is 9.51. The molecule has 0 bridgehead atoms. The van der Waals surface area contributed by atoms with E-state index < -0.39 is 0 Å². The van der Waals surface area contributed by atoms with Gasteiger partial charge >= 0.3 is 0 Å². The Labute approximate surface area is 173 Å². The molecule has 7 nitrogen and oxygen atoms in total. The van der Waals surface area contributed by atoms with E-state index in [1.165, 1.54) is 6.26 Å². The summed E-state index contributed by atoms with van der Waals surface area (Å²) in [6, 6.07) is 17.7. The van der Waals surface area contributed by atoms with Gasteiger partial charge in [0, 0.05) is 41.6 Å². The van der Waals surface area contributed by atoms with Gasteiger partial charge in [-0.3, -0.25) is 9.59 Å². The van der Waals surface area contributed by atoms with E-state index in [0.717, 1.165) is 11.4 Å². The SMILES string of the molecule is CCN(C(=O)c1ccco1)c1ccc(NC(=O)c2cccc(-n3ccnc3)c2)cc1. The molecule has 2 heterocycles. The Morgan fingerprint density at radius 3 is 2.60 bits per heavy atom. The number of aromatic nitrogens is 2. The minimum atomic E-state index is -0.219. The van der Waals surface area contributed by atoms with Crippen LogP contribution in [0.15, 0.2) is 90.1 Å². The van der Waals surface area contributed by atoms with Gasteiger partial charge in [-0.2, -0.15) is 0 Å². The van der Waals surface area contributed by atoms with Crippen LogP contribution in [0.2, 0.25) is 0 Å². The number of furan rings is 1. The van der Waals surface area contributed by atoms with Gasteiger partial charge in [-0.05, 0) is 61.5 Å². The number of carbonyl (C=O) groups excluding carboxylic acids is 2. The first-order chi connectivity index (χ1) is 14.7. The topological polar surface area (TPSA) is 80.4 Å². The maximum absolute atomic E-state index is 12.7. The molecule has 150 valence electrons. The van der Waals surface area contributed by atoms with Crippen molar-refractivity contribution in [1.82, 2.24) is 9.55 Å². The Morgan fingerprint density at radius 1 is 1.10 bits per heavy atom. The Bertz CT molecular complexity index is 1130. The first kappa shape index (κ1) is 19.2. The average molecular weight is 400 g/mol. The molecule has 2 aromatic carbocycles. The summed E-state index contributed by atoms with van der Waals surface area (Å²) in [6.07, 6.45) is 6.66. The zero-order valence-corrected chi connectivity index (χ0v) is 16.4. The second kappa shape index (κ2) is 8.48. The second-order valence-corrected chi connectivity index (χ2v) is 6.55. The van der Waals surface area contributed by atoms with Crippen molar-refractivity contribution in [3.05, 3.63) is 97.0 Å². The molecule has 2 amide bonds. The summed E-state index contributed by atoms with van der Waals surface area (Å²) >= 11 is 0. The number of carbonyl (C=O) groups is 2. The molecule has 0 atom stereocenters. The van der Waals surface area contributed by atoms with Gasteiger partial charge in [0.25, 0.3) is 11.8 Å². The number of hydrogen-bond acceptors (Lipinski definition) is 4. The van der Waals surface area contributed by atoms with E-state index in [2.05, 4.69) is 10.3 Å². The molecule has 0 aliphatic heterocycles. The van der Waals surface area contributed by atoms with E-state index in [0.29, 0.717) is 17.8 Å².